The molecular formula is C27H35N9O. The fourth-order valence-corrected chi connectivity index (χ4v) is 5.58. The summed E-state index contributed by atoms with van der Waals surface area (Å²) in [6.07, 6.45) is 6.60. The molecular weight excluding hydrogens is 466 g/mol. The van der Waals surface area contributed by atoms with Crippen molar-refractivity contribution in [1.29, 1.82) is 5.26 Å². The quantitative estimate of drug-likeness (QED) is 0.383. The first-order chi connectivity index (χ1) is 17.9. The molecule has 1 fully saturated rings. The first-order valence-corrected chi connectivity index (χ1v) is 13.2. The normalized spacial score (nSPS) is 19.5. The Kier molecular flexibility index (Phi) is 6.73. The summed E-state index contributed by atoms with van der Waals surface area (Å²) >= 11 is 0. The minimum atomic E-state index is -0.0676. The lowest BCUT2D eigenvalue weighted by Crippen LogP contribution is -2.59. The van der Waals surface area contributed by atoms with Crippen molar-refractivity contribution in [3.05, 3.63) is 52.3 Å². The minimum Gasteiger partial charge on any atom is -0.364 e. The van der Waals surface area contributed by atoms with E-state index in [0.29, 0.717) is 0 Å². The van der Waals surface area contributed by atoms with Crippen molar-refractivity contribution < 1.29 is 0 Å². The lowest BCUT2D eigenvalue weighted by atomic mass is 9.98. The van der Waals surface area contributed by atoms with Crippen LogP contribution in [0.4, 0.5) is 5.69 Å². The molecule has 37 heavy (non-hydrogen) atoms. The van der Waals surface area contributed by atoms with Gasteiger partial charge in [-0.15, -0.1) is 0 Å². The second-order valence-electron chi connectivity index (χ2n) is 9.94. The van der Waals surface area contributed by atoms with Crippen LogP contribution in [0.15, 0.2) is 35.4 Å². The predicted molar refractivity (Wildman–Crippen MR) is 144 cm³/mol. The van der Waals surface area contributed by atoms with Crippen LogP contribution in [0.2, 0.25) is 0 Å². The number of aromatic nitrogens is 6. The Labute approximate surface area is 216 Å². The summed E-state index contributed by atoms with van der Waals surface area (Å²) in [5.41, 5.74) is 5.26. The Morgan fingerprint density at radius 1 is 1.11 bits per heavy atom. The molecule has 194 valence electrons. The van der Waals surface area contributed by atoms with Gasteiger partial charge in [0.15, 0.2) is 5.65 Å². The highest BCUT2D eigenvalue weighted by molar-refractivity contribution is 5.88. The molecule has 1 aliphatic rings. The highest BCUT2D eigenvalue weighted by atomic mass is 16.1. The van der Waals surface area contributed by atoms with Gasteiger partial charge in [0.2, 0.25) is 0 Å². The molecule has 4 aromatic rings. The van der Waals surface area contributed by atoms with Crippen LogP contribution in [0.3, 0.4) is 0 Å². The zero-order chi connectivity index (χ0) is 26.3. The van der Waals surface area contributed by atoms with Crippen LogP contribution < -0.4 is 10.5 Å². The van der Waals surface area contributed by atoms with Crippen LogP contribution in [0.25, 0.3) is 16.7 Å². The van der Waals surface area contributed by atoms with E-state index in [1.807, 2.05) is 10.7 Å². The van der Waals surface area contributed by atoms with Gasteiger partial charge in [-0.05, 0) is 38.3 Å². The average Bonchev–Trinajstić information content (AvgIpc) is 3.53. The number of fused-ring (bicyclic) bond motifs is 2. The standard InChI is InChI=1S/C27H35N9O/c1-6-19-14-36-25(29-19)10-9-22(30-36)18(4)34-15-21(8-3)35(16-20(34)7-2)23-13-26(37)32(5)24-17-33(12-11-28)31-27(23)24/h9-10,13-14,17-18,20-21H,6-8,12,15-16H2,1-5H3/t18-,20+,21-/m0/s1. The van der Waals surface area contributed by atoms with Gasteiger partial charge in [0.1, 0.15) is 12.1 Å². The number of anilines is 1. The molecule has 10 heteroatoms. The van der Waals surface area contributed by atoms with E-state index >= 15 is 0 Å². The van der Waals surface area contributed by atoms with Gasteiger partial charge in [-0.3, -0.25) is 14.4 Å². The smallest absolute Gasteiger partial charge is 0.252 e. The summed E-state index contributed by atoms with van der Waals surface area (Å²) in [5, 5.41) is 18.8. The lowest BCUT2D eigenvalue weighted by Gasteiger charge is -2.49. The van der Waals surface area contributed by atoms with Gasteiger partial charge >= 0.3 is 0 Å². The Morgan fingerprint density at radius 3 is 2.59 bits per heavy atom. The average molecular weight is 502 g/mol. The molecule has 10 nitrogen and oxygen atoms in total. The second-order valence-corrected chi connectivity index (χ2v) is 9.94. The highest BCUT2D eigenvalue weighted by Crippen LogP contribution is 2.34. The third-order valence-corrected chi connectivity index (χ3v) is 7.84. The van der Waals surface area contributed by atoms with Gasteiger partial charge in [0, 0.05) is 38.3 Å². The molecule has 0 radical (unpaired) electrons. The van der Waals surface area contributed by atoms with Gasteiger partial charge in [0.25, 0.3) is 5.56 Å². The molecule has 1 saturated heterocycles. The molecule has 0 aliphatic carbocycles. The Morgan fingerprint density at radius 2 is 1.89 bits per heavy atom. The fourth-order valence-electron chi connectivity index (χ4n) is 5.58. The third-order valence-electron chi connectivity index (χ3n) is 7.84. The van der Waals surface area contributed by atoms with Crippen LogP contribution >= 0.6 is 0 Å². The van der Waals surface area contributed by atoms with Crippen LogP contribution in [0, 0.1) is 11.3 Å². The summed E-state index contributed by atoms with van der Waals surface area (Å²) in [6, 6.07) is 8.64. The summed E-state index contributed by atoms with van der Waals surface area (Å²) < 4.78 is 5.12. The van der Waals surface area contributed by atoms with E-state index < -0.39 is 0 Å². The van der Waals surface area contributed by atoms with Gasteiger partial charge in [-0.25, -0.2) is 9.50 Å². The number of nitriles is 1. The first-order valence-electron chi connectivity index (χ1n) is 13.2. The van der Waals surface area contributed by atoms with Crippen molar-refractivity contribution >= 4 is 22.4 Å². The van der Waals surface area contributed by atoms with Gasteiger partial charge < -0.3 is 9.47 Å². The van der Waals surface area contributed by atoms with Crippen molar-refractivity contribution in [2.45, 2.75) is 71.6 Å². The molecule has 0 spiro atoms. The number of hydrogen-bond acceptors (Lipinski definition) is 7. The first kappa shape index (κ1) is 25.0. The maximum Gasteiger partial charge on any atom is 0.252 e. The van der Waals surface area contributed by atoms with E-state index in [1.165, 1.54) is 0 Å². The molecule has 0 bridgehead atoms. The number of nitrogens with zero attached hydrogens (tertiary/aromatic N) is 9. The van der Waals surface area contributed by atoms with E-state index in [4.69, 9.17) is 10.2 Å². The van der Waals surface area contributed by atoms with Crippen molar-refractivity contribution in [3.8, 4) is 6.07 Å². The maximum atomic E-state index is 12.9. The molecule has 0 aromatic carbocycles. The van der Waals surface area contributed by atoms with E-state index in [9.17, 15) is 10.1 Å². The van der Waals surface area contributed by atoms with Crippen molar-refractivity contribution in [3.63, 3.8) is 0 Å². The zero-order valence-corrected chi connectivity index (χ0v) is 22.3. The molecule has 3 atom stereocenters. The number of piperazine rings is 1. The Bertz CT molecular complexity index is 1520. The Hall–Kier alpha value is -3.71. The minimum absolute atomic E-state index is 0.0676. The number of aryl methyl sites for hydroxylation is 2. The van der Waals surface area contributed by atoms with Gasteiger partial charge in [0.05, 0.1) is 47.1 Å². The van der Waals surface area contributed by atoms with Gasteiger partial charge in [-0.2, -0.15) is 15.5 Å². The molecule has 0 N–H and O–H groups in total. The van der Waals surface area contributed by atoms with Crippen molar-refractivity contribution in [2.75, 3.05) is 18.0 Å². The summed E-state index contributed by atoms with van der Waals surface area (Å²) in [5.74, 6) is 0. The van der Waals surface area contributed by atoms with E-state index in [-0.39, 0.29) is 30.2 Å². The van der Waals surface area contributed by atoms with E-state index in [2.05, 4.69) is 60.7 Å². The number of rotatable bonds is 7. The van der Waals surface area contributed by atoms with Gasteiger partial charge in [-0.1, -0.05) is 20.8 Å². The topological polar surface area (TPSA) is 100 Å². The van der Waals surface area contributed by atoms with Crippen molar-refractivity contribution in [2.24, 2.45) is 7.05 Å². The molecule has 0 amide bonds. The maximum absolute atomic E-state index is 12.9. The summed E-state index contributed by atoms with van der Waals surface area (Å²) in [6.45, 7) is 10.5. The third kappa shape index (κ3) is 4.37. The molecule has 0 saturated carbocycles. The van der Waals surface area contributed by atoms with Crippen LogP contribution in [0.1, 0.15) is 58.0 Å². The molecule has 5 rings (SSSR count). The lowest BCUT2D eigenvalue weighted by molar-refractivity contribution is 0.0986. The molecule has 5 heterocycles. The van der Waals surface area contributed by atoms with E-state index in [0.717, 1.165) is 66.1 Å². The fraction of sp³-hybridized carbons (Fsp3) is 0.519. The van der Waals surface area contributed by atoms with E-state index in [1.54, 1.807) is 28.6 Å². The number of imidazole rings is 1. The predicted octanol–water partition coefficient (Wildman–Crippen LogP) is 3.30. The monoisotopic (exact) mass is 501 g/mol. The summed E-state index contributed by atoms with van der Waals surface area (Å²) in [7, 11) is 1.76. The number of hydrogen-bond donors (Lipinski definition) is 0. The number of pyridine rings is 1. The summed E-state index contributed by atoms with van der Waals surface area (Å²) in [4.78, 5) is 22.5. The Balaban J connectivity index is 1.49. The van der Waals surface area contributed by atoms with Crippen LogP contribution in [-0.2, 0) is 20.0 Å². The second kappa shape index (κ2) is 9.98. The zero-order valence-electron chi connectivity index (χ0n) is 22.3. The SMILES string of the molecule is CCc1cn2nc([C@H](C)N3C[C@H](CC)N(c4cc(=O)n(C)c5cn(CC#N)nc45)C[C@H]3CC)ccc2n1. The van der Waals surface area contributed by atoms with Crippen LogP contribution in [0.5, 0.6) is 0 Å². The van der Waals surface area contributed by atoms with Crippen molar-refractivity contribution in [1.82, 2.24) is 33.8 Å². The molecule has 0 unspecified atom stereocenters. The van der Waals surface area contributed by atoms with Crippen LogP contribution in [-0.4, -0.2) is 59.0 Å². The molecule has 4 aromatic heterocycles. The largest absolute Gasteiger partial charge is 0.364 e. The molecule has 1 aliphatic heterocycles. The highest BCUT2D eigenvalue weighted by Gasteiger charge is 2.36.